The molecule has 1 aromatic carbocycles. The number of ether oxygens (including phenoxy) is 1. The fourth-order valence-electron chi connectivity index (χ4n) is 1.40. The average molecular weight is 218 g/mol. The Morgan fingerprint density at radius 3 is 2.38 bits per heavy atom. The molecule has 0 atom stereocenters. The van der Waals surface area contributed by atoms with Crippen LogP contribution in [0.2, 0.25) is 0 Å². The van der Waals surface area contributed by atoms with Gasteiger partial charge in [0.25, 0.3) is 0 Å². The van der Waals surface area contributed by atoms with E-state index >= 15 is 0 Å². The van der Waals surface area contributed by atoms with Crippen molar-refractivity contribution in [1.29, 1.82) is 0 Å². The van der Waals surface area contributed by atoms with Gasteiger partial charge in [-0.05, 0) is 43.5 Å². The lowest BCUT2D eigenvalue weighted by molar-refractivity contribution is 0.273. The molecule has 0 bridgehead atoms. The van der Waals surface area contributed by atoms with Gasteiger partial charge in [-0.25, -0.2) is 0 Å². The van der Waals surface area contributed by atoms with Crippen LogP contribution in [-0.2, 0) is 0 Å². The highest BCUT2D eigenvalue weighted by Gasteiger charge is 1.94. The van der Waals surface area contributed by atoms with Crippen molar-refractivity contribution in [1.82, 2.24) is 0 Å². The molecule has 2 heteroatoms. The van der Waals surface area contributed by atoms with Crippen LogP contribution in [0, 0.1) is 12.3 Å². The molecule has 0 unspecified atom stereocenters. The van der Waals surface area contributed by atoms with Gasteiger partial charge in [0.15, 0.2) is 0 Å². The zero-order chi connectivity index (χ0) is 11.6. The SMILES string of the molecule is C#Cc1ccc(OCCCCCCO)cc1. The minimum atomic E-state index is 0.286. The summed E-state index contributed by atoms with van der Waals surface area (Å²) in [5.74, 6) is 3.43. The van der Waals surface area contributed by atoms with Gasteiger partial charge >= 0.3 is 0 Å². The van der Waals surface area contributed by atoms with E-state index < -0.39 is 0 Å². The second-order valence-electron chi connectivity index (χ2n) is 3.65. The Labute approximate surface area is 97.3 Å². The minimum absolute atomic E-state index is 0.286. The second-order valence-corrected chi connectivity index (χ2v) is 3.65. The van der Waals surface area contributed by atoms with Gasteiger partial charge in [0.05, 0.1) is 6.61 Å². The maximum atomic E-state index is 8.60. The Morgan fingerprint density at radius 1 is 1.06 bits per heavy atom. The van der Waals surface area contributed by atoms with Crippen LogP contribution in [0.4, 0.5) is 0 Å². The van der Waals surface area contributed by atoms with Crippen molar-refractivity contribution in [3.8, 4) is 18.1 Å². The van der Waals surface area contributed by atoms with E-state index in [2.05, 4.69) is 5.92 Å². The minimum Gasteiger partial charge on any atom is -0.494 e. The molecule has 0 radical (unpaired) electrons. The monoisotopic (exact) mass is 218 g/mol. The van der Waals surface area contributed by atoms with Gasteiger partial charge in [-0.2, -0.15) is 0 Å². The molecule has 1 aromatic rings. The van der Waals surface area contributed by atoms with Crippen molar-refractivity contribution < 1.29 is 9.84 Å². The lowest BCUT2D eigenvalue weighted by Gasteiger charge is -2.05. The van der Waals surface area contributed by atoms with E-state index in [1.165, 1.54) is 0 Å². The molecule has 0 amide bonds. The molecule has 0 saturated carbocycles. The molecule has 0 aromatic heterocycles. The molecular formula is C14H18O2. The fraction of sp³-hybridized carbons (Fsp3) is 0.429. The zero-order valence-corrected chi connectivity index (χ0v) is 9.48. The van der Waals surface area contributed by atoms with Crippen molar-refractivity contribution in [2.75, 3.05) is 13.2 Å². The number of hydrogen-bond donors (Lipinski definition) is 1. The van der Waals surface area contributed by atoms with Crippen molar-refractivity contribution in [3.05, 3.63) is 29.8 Å². The Balaban J connectivity index is 2.15. The van der Waals surface area contributed by atoms with Crippen molar-refractivity contribution in [2.45, 2.75) is 25.7 Å². The van der Waals surface area contributed by atoms with Crippen LogP contribution in [0.3, 0.4) is 0 Å². The van der Waals surface area contributed by atoms with E-state index in [0.29, 0.717) is 0 Å². The van der Waals surface area contributed by atoms with Gasteiger partial charge < -0.3 is 9.84 Å². The molecule has 16 heavy (non-hydrogen) atoms. The molecule has 0 aliphatic rings. The molecule has 0 spiro atoms. The van der Waals surface area contributed by atoms with Crippen molar-refractivity contribution in [2.24, 2.45) is 0 Å². The number of rotatable bonds is 7. The highest BCUT2D eigenvalue weighted by molar-refractivity contribution is 5.36. The molecule has 1 rings (SSSR count). The maximum absolute atomic E-state index is 8.60. The Morgan fingerprint density at radius 2 is 1.75 bits per heavy atom. The lowest BCUT2D eigenvalue weighted by atomic mass is 10.2. The van der Waals surface area contributed by atoms with Crippen LogP contribution < -0.4 is 4.74 Å². The van der Waals surface area contributed by atoms with E-state index in [1.54, 1.807) is 0 Å². The normalized spacial score (nSPS) is 9.75. The Hall–Kier alpha value is -1.46. The summed E-state index contributed by atoms with van der Waals surface area (Å²) in [5, 5.41) is 8.60. The summed E-state index contributed by atoms with van der Waals surface area (Å²) in [7, 11) is 0. The summed E-state index contributed by atoms with van der Waals surface area (Å²) >= 11 is 0. The van der Waals surface area contributed by atoms with Gasteiger partial charge in [0.1, 0.15) is 5.75 Å². The summed E-state index contributed by atoms with van der Waals surface area (Å²) in [6, 6.07) is 7.54. The number of terminal acetylenes is 1. The van der Waals surface area contributed by atoms with Gasteiger partial charge in [-0.15, -0.1) is 6.42 Å². The number of hydrogen-bond acceptors (Lipinski definition) is 2. The van der Waals surface area contributed by atoms with E-state index in [1.807, 2.05) is 24.3 Å². The number of unbranched alkanes of at least 4 members (excludes halogenated alkanes) is 3. The zero-order valence-electron chi connectivity index (χ0n) is 9.48. The van der Waals surface area contributed by atoms with E-state index in [-0.39, 0.29) is 6.61 Å². The molecule has 2 nitrogen and oxygen atoms in total. The molecular weight excluding hydrogens is 200 g/mol. The third-order valence-corrected chi connectivity index (χ3v) is 2.34. The van der Waals surface area contributed by atoms with Crippen LogP contribution in [0.1, 0.15) is 31.2 Å². The first-order valence-electron chi connectivity index (χ1n) is 5.67. The first kappa shape index (κ1) is 12.6. The van der Waals surface area contributed by atoms with Gasteiger partial charge in [0.2, 0.25) is 0 Å². The fourth-order valence-corrected chi connectivity index (χ4v) is 1.40. The van der Waals surface area contributed by atoms with E-state index in [0.717, 1.165) is 43.6 Å². The van der Waals surface area contributed by atoms with Gasteiger partial charge in [-0.1, -0.05) is 12.3 Å². The summed E-state index contributed by atoms with van der Waals surface area (Å²) in [6.07, 6.45) is 9.33. The van der Waals surface area contributed by atoms with Crippen LogP contribution in [-0.4, -0.2) is 18.3 Å². The summed E-state index contributed by atoms with van der Waals surface area (Å²) < 4.78 is 5.55. The van der Waals surface area contributed by atoms with Crippen LogP contribution in [0.25, 0.3) is 0 Å². The predicted molar refractivity (Wildman–Crippen MR) is 65.4 cm³/mol. The van der Waals surface area contributed by atoms with Gasteiger partial charge in [0, 0.05) is 12.2 Å². The second kappa shape index (κ2) is 7.78. The van der Waals surface area contributed by atoms with Crippen molar-refractivity contribution >= 4 is 0 Å². The van der Waals surface area contributed by atoms with Crippen LogP contribution in [0.5, 0.6) is 5.75 Å². The quantitative estimate of drug-likeness (QED) is 0.563. The third-order valence-electron chi connectivity index (χ3n) is 2.34. The van der Waals surface area contributed by atoms with E-state index in [9.17, 15) is 0 Å². The molecule has 86 valence electrons. The first-order valence-corrected chi connectivity index (χ1v) is 5.67. The Kier molecular flexibility index (Phi) is 6.13. The highest BCUT2D eigenvalue weighted by Crippen LogP contribution is 2.12. The molecule has 0 fully saturated rings. The number of benzene rings is 1. The molecule has 0 saturated heterocycles. The standard InChI is InChI=1S/C14H18O2/c1-2-13-7-9-14(10-8-13)16-12-6-4-3-5-11-15/h1,7-10,15H,3-6,11-12H2. The topological polar surface area (TPSA) is 29.5 Å². The predicted octanol–water partition coefficient (Wildman–Crippen LogP) is 2.60. The molecule has 1 N–H and O–H groups in total. The molecule has 0 aliphatic carbocycles. The summed E-state index contributed by atoms with van der Waals surface area (Å²) in [5.41, 5.74) is 0.871. The smallest absolute Gasteiger partial charge is 0.119 e. The largest absolute Gasteiger partial charge is 0.494 e. The summed E-state index contributed by atoms with van der Waals surface area (Å²) in [6.45, 7) is 1.01. The van der Waals surface area contributed by atoms with E-state index in [4.69, 9.17) is 16.3 Å². The lowest BCUT2D eigenvalue weighted by Crippen LogP contribution is -1.97. The van der Waals surface area contributed by atoms with Gasteiger partial charge in [-0.3, -0.25) is 0 Å². The summed E-state index contributed by atoms with van der Waals surface area (Å²) in [4.78, 5) is 0. The first-order chi connectivity index (χ1) is 7.86. The maximum Gasteiger partial charge on any atom is 0.119 e. The van der Waals surface area contributed by atoms with Crippen LogP contribution >= 0.6 is 0 Å². The highest BCUT2D eigenvalue weighted by atomic mass is 16.5. The molecule has 0 aliphatic heterocycles. The third kappa shape index (κ3) is 4.86. The number of aliphatic hydroxyl groups is 1. The Bertz CT molecular complexity index is 322. The average Bonchev–Trinajstić information content (AvgIpc) is 2.34. The molecule has 0 heterocycles. The number of aliphatic hydroxyl groups excluding tert-OH is 1. The van der Waals surface area contributed by atoms with Crippen molar-refractivity contribution in [3.63, 3.8) is 0 Å². The van der Waals surface area contributed by atoms with Crippen LogP contribution in [0.15, 0.2) is 24.3 Å².